The maximum Gasteiger partial charge on any atom is 0.459 e. The van der Waals surface area contributed by atoms with E-state index < -0.39 is 49.7 Å². The van der Waals surface area contributed by atoms with Crippen LogP contribution in [-0.4, -0.2) is 91.8 Å². The number of hydrogen-bond donors (Lipinski definition) is 4. The highest BCUT2D eigenvalue weighted by molar-refractivity contribution is 7.52. The average Bonchev–Trinajstić information content (AvgIpc) is 3.38. The van der Waals surface area contributed by atoms with Crippen LogP contribution < -0.4 is 20.2 Å². The molecule has 3 aromatic rings. The van der Waals surface area contributed by atoms with Gasteiger partial charge in [0.1, 0.15) is 29.7 Å². The number of anilines is 2. The maximum absolute atomic E-state index is 16.2. The zero-order valence-electron chi connectivity index (χ0n) is 24.9. The smallest absolute Gasteiger partial charge is 0.413 e. The van der Waals surface area contributed by atoms with Crippen molar-refractivity contribution < 1.29 is 37.7 Å². The van der Waals surface area contributed by atoms with Crippen LogP contribution in [0.5, 0.6) is 5.75 Å². The lowest BCUT2D eigenvalue weighted by Crippen LogP contribution is -2.44. The molecule has 2 unspecified atom stereocenters. The molecule has 2 fully saturated rings. The van der Waals surface area contributed by atoms with E-state index in [1.54, 1.807) is 74.7 Å². The van der Waals surface area contributed by atoms with E-state index in [9.17, 15) is 14.8 Å². The van der Waals surface area contributed by atoms with Gasteiger partial charge in [-0.3, -0.25) is 4.52 Å². The van der Waals surface area contributed by atoms with Crippen LogP contribution >= 0.6 is 7.75 Å². The topological polar surface area (TPSA) is 179 Å². The fraction of sp³-hybridized carbons (Fsp3) is 0.593. The van der Waals surface area contributed by atoms with Gasteiger partial charge in [-0.1, -0.05) is 18.2 Å². The van der Waals surface area contributed by atoms with Gasteiger partial charge in [-0.25, -0.2) is 19.0 Å². The number of aromatic nitrogens is 4. The zero-order valence-corrected chi connectivity index (χ0v) is 25.8. The first-order chi connectivity index (χ1) is 20.1. The Morgan fingerprint density at radius 3 is 2.63 bits per heavy atom. The third-order valence-corrected chi connectivity index (χ3v) is 9.27. The summed E-state index contributed by atoms with van der Waals surface area (Å²) < 4.78 is 55.1. The van der Waals surface area contributed by atoms with Crippen LogP contribution in [0, 0.1) is 0 Å². The van der Waals surface area contributed by atoms with Crippen LogP contribution in [0.1, 0.15) is 34.1 Å². The average molecular weight is 624 g/mol. The molecule has 8 atom stereocenters. The molecular weight excluding hydrogens is 584 g/mol. The molecule has 5 N–H and O–H groups in total. The summed E-state index contributed by atoms with van der Waals surface area (Å²) >= 11 is 0. The lowest BCUT2D eigenvalue weighted by atomic mass is 9.93. The minimum Gasteiger partial charge on any atom is -0.413 e. The number of nitrogens with two attached hydrogens (primary N) is 1. The van der Waals surface area contributed by atoms with Gasteiger partial charge in [0.2, 0.25) is 5.95 Å². The third kappa shape index (κ3) is 6.21. The number of nitrogen functional groups attached to an aromatic ring is 1. The van der Waals surface area contributed by atoms with E-state index in [-0.39, 0.29) is 30.8 Å². The summed E-state index contributed by atoms with van der Waals surface area (Å²) in [5.74, 6) is 0.773. The van der Waals surface area contributed by atoms with Gasteiger partial charge in [-0.15, -0.1) is 0 Å². The third-order valence-electron chi connectivity index (χ3n) is 7.56. The van der Waals surface area contributed by atoms with Crippen molar-refractivity contribution in [2.75, 3.05) is 24.7 Å². The van der Waals surface area contributed by atoms with Crippen LogP contribution in [0.2, 0.25) is 0 Å². The molecule has 3 heterocycles. The number of hydrogen-bond acceptors (Lipinski definition) is 12. The number of aliphatic hydroxyl groups excluding tert-OH is 2. The number of halogens is 1. The summed E-state index contributed by atoms with van der Waals surface area (Å²) in [6.07, 6.45) is -3.83. The molecular formula is C27H39FN7O7P. The maximum atomic E-state index is 16.2. The van der Waals surface area contributed by atoms with E-state index in [1.807, 2.05) is 0 Å². The molecule has 236 valence electrons. The summed E-state index contributed by atoms with van der Waals surface area (Å²) in [6.45, 7) is 6.26. The van der Waals surface area contributed by atoms with Gasteiger partial charge in [-0.2, -0.15) is 9.97 Å². The molecule has 0 radical (unpaired) electrons. The molecule has 14 nitrogen and oxygen atoms in total. The molecule has 43 heavy (non-hydrogen) atoms. The number of benzene rings is 1. The minimum atomic E-state index is -4.22. The Bertz CT molecular complexity index is 1490. The molecule has 1 aliphatic heterocycles. The molecule has 16 heteroatoms. The normalized spacial score (nSPS) is 29.6. The summed E-state index contributed by atoms with van der Waals surface area (Å²) in [4.78, 5) is 14.6. The van der Waals surface area contributed by atoms with Gasteiger partial charge in [-0.05, 0) is 39.8 Å². The number of nitrogens with one attached hydrogen (secondary N) is 1. The molecule has 1 saturated heterocycles. The number of para-hydroxylation sites is 1. The Morgan fingerprint density at radius 2 is 1.98 bits per heavy atom. The van der Waals surface area contributed by atoms with Crippen molar-refractivity contribution in [2.24, 2.45) is 0 Å². The van der Waals surface area contributed by atoms with Crippen molar-refractivity contribution in [2.45, 2.75) is 88.7 Å². The fourth-order valence-electron chi connectivity index (χ4n) is 5.23. The molecule has 1 saturated carbocycles. The molecule has 1 spiro atoms. The van der Waals surface area contributed by atoms with Gasteiger partial charge in [0.15, 0.2) is 28.9 Å². The van der Waals surface area contributed by atoms with E-state index in [0.29, 0.717) is 17.0 Å². The number of alkyl halides is 1. The second kappa shape index (κ2) is 11.5. The molecule has 0 bridgehead atoms. The van der Waals surface area contributed by atoms with Gasteiger partial charge in [0.05, 0.1) is 25.0 Å². The van der Waals surface area contributed by atoms with E-state index >= 15 is 4.39 Å². The molecule has 5 rings (SSSR count). The van der Waals surface area contributed by atoms with Gasteiger partial charge < -0.3 is 39.4 Å². The Balaban J connectivity index is 1.36. The predicted molar refractivity (Wildman–Crippen MR) is 156 cm³/mol. The number of imidazole rings is 1. The Morgan fingerprint density at radius 1 is 1.28 bits per heavy atom. The first kappa shape index (κ1) is 31.5. The second-order valence-corrected chi connectivity index (χ2v) is 13.3. The molecule has 1 aliphatic carbocycles. The first-order valence-corrected chi connectivity index (χ1v) is 15.5. The monoisotopic (exact) mass is 623 g/mol. The van der Waals surface area contributed by atoms with Crippen molar-refractivity contribution in [1.82, 2.24) is 24.6 Å². The zero-order chi connectivity index (χ0) is 31.3. The van der Waals surface area contributed by atoms with Crippen molar-refractivity contribution in [3.63, 3.8) is 0 Å². The highest BCUT2D eigenvalue weighted by Crippen LogP contribution is 2.61. The van der Waals surface area contributed by atoms with Crippen molar-refractivity contribution in [3.05, 3.63) is 36.7 Å². The van der Waals surface area contributed by atoms with Gasteiger partial charge >= 0.3 is 7.75 Å². The van der Waals surface area contributed by atoms with Crippen LogP contribution in [0.3, 0.4) is 0 Å². The predicted octanol–water partition coefficient (Wildman–Crippen LogP) is 2.40. The van der Waals surface area contributed by atoms with E-state index in [0.717, 1.165) is 0 Å². The minimum absolute atomic E-state index is 0.0280. The summed E-state index contributed by atoms with van der Waals surface area (Å²) in [5.41, 5.74) is 3.07. The van der Waals surface area contributed by atoms with E-state index in [4.69, 9.17) is 24.3 Å². The lowest BCUT2D eigenvalue weighted by Gasteiger charge is -2.28. The van der Waals surface area contributed by atoms with Crippen LogP contribution in [-0.2, 0) is 25.1 Å². The molecule has 0 amide bonds. The highest BCUT2D eigenvalue weighted by atomic mass is 31.2. The SMILES string of the molecule is CC(C)OC(O)[C@H](C)N[P@@](=O)(Oc1ccccc1)O[C@@H]1CC12O[C@@H](Cn1cnc3c(N(C)C)nc(N)nc31)[C@](C)(F)[C@@H]2O. The second-order valence-electron chi connectivity index (χ2n) is 11.7. The standard InChI is InChI=1S/C27H39FN7O7P/c1-15(2)39-23(36)16(3)33-43(38,41-17-10-8-7-9-11-17)42-18-12-27(18)24(37)26(4,28)19(40-27)13-35-14-30-20-21(34(5)6)31-25(29)32-22(20)35/h7-11,14-16,18-19,23-24,36-37H,12-13H2,1-6H3,(H,33,38)(H2,29,31,32)/t16-,18+,19-,23?,24-,26-,27?,43+/m0/s1. The highest BCUT2D eigenvalue weighted by Gasteiger charge is 2.75. The van der Waals surface area contributed by atoms with Gasteiger partial charge in [0.25, 0.3) is 0 Å². The van der Waals surface area contributed by atoms with Crippen molar-refractivity contribution in [3.8, 4) is 5.75 Å². The summed E-state index contributed by atoms with van der Waals surface area (Å²) in [7, 11) is -0.635. The van der Waals surface area contributed by atoms with Crippen LogP contribution in [0.15, 0.2) is 36.7 Å². The Hall–Kier alpha value is -2.91. The van der Waals surface area contributed by atoms with E-state index in [2.05, 4.69) is 20.0 Å². The number of ether oxygens (including phenoxy) is 2. The number of fused-ring (bicyclic) bond motifs is 1. The van der Waals surface area contributed by atoms with Gasteiger partial charge in [0, 0.05) is 20.5 Å². The fourth-order valence-corrected chi connectivity index (χ4v) is 7.00. The number of rotatable bonds is 12. The van der Waals surface area contributed by atoms with Crippen molar-refractivity contribution >= 4 is 30.7 Å². The number of nitrogens with zero attached hydrogens (tertiary/aromatic N) is 5. The lowest BCUT2D eigenvalue weighted by molar-refractivity contribution is -0.138. The quantitative estimate of drug-likeness (QED) is 0.171. The largest absolute Gasteiger partial charge is 0.459 e. The molecule has 2 aliphatic rings. The Labute approximate surface area is 248 Å². The molecule has 2 aromatic heterocycles. The molecule has 1 aromatic carbocycles. The van der Waals surface area contributed by atoms with Crippen LogP contribution in [0.25, 0.3) is 11.2 Å². The summed E-state index contributed by atoms with van der Waals surface area (Å²) in [5, 5.41) is 24.3. The summed E-state index contributed by atoms with van der Waals surface area (Å²) in [6, 6.07) is 7.46. The Kier molecular flexibility index (Phi) is 8.46. The van der Waals surface area contributed by atoms with E-state index in [1.165, 1.54) is 13.3 Å². The number of aliphatic hydroxyl groups is 2. The van der Waals surface area contributed by atoms with Crippen LogP contribution in [0.4, 0.5) is 16.2 Å². The first-order valence-electron chi connectivity index (χ1n) is 14.0. The van der Waals surface area contributed by atoms with Crippen molar-refractivity contribution in [1.29, 1.82) is 0 Å².